The zero-order valence-electron chi connectivity index (χ0n) is 22.2. The summed E-state index contributed by atoms with van der Waals surface area (Å²) in [6, 6.07) is 26.6. The van der Waals surface area contributed by atoms with Crippen LogP contribution in [0.5, 0.6) is 0 Å². The minimum atomic E-state index is -2.70. The van der Waals surface area contributed by atoms with Crippen molar-refractivity contribution in [2.45, 2.75) is 37.7 Å². The maximum absolute atomic E-state index is 14.5. The fraction of sp³-hybridized carbons (Fsp3) is 0.226. The predicted molar refractivity (Wildman–Crippen MR) is 167 cm³/mol. The molecule has 8 heteroatoms. The Balaban J connectivity index is 1.59. The number of imidazole rings is 1. The summed E-state index contributed by atoms with van der Waals surface area (Å²) in [7, 11) is -2.70. The van der Waals surface area contributed by atoms with Gasteiger partial charge in [-0.1, -0.05) is 97.4 Å². The molecule has 0 atom stereocenters. The van der Waals surface area contributed by atoms with Crippen LogP contribution in [0.15, 0.2) is 95.7 Å². The molecule has 0 N–H and O–H groups in total. The highest BCUT2D eigenvalue weighted by molar-refractivity contribution is 9.10. The maximum Gasteiger partial charge on any atom is 0.261 e. The monoisotopic (exact) mass is 665 g/mol. The summed E-state index contributed by atoms with van der Waals surface area (Å²) in [6.07, 6.45) is 3.63. The van der Waals surface area contributed by atoms with Crippen LogP contribution in [0.1, 0.15) is 26.3 Å². The molecule has 0 saturated carbocycles. The molecule has 0 bridgehead atoms. The number of alkyl halides is 1. The molecular formula is C31H30Br2FN3OSi. The topological polar surface area (TPSA) is 39.9 Å². The molecule has 0 spiro atoms. The van der Waals surface area contributed by atoms with Crippen LogP contribution in [0.4, 0.5) is 4.39 Å². The molecule has 0 aliphatic heterocycles. The number of hydrogen-bond donors (Lipinski definition) is 0. The Morgan fingerprint density at radius 1 is 0.923 bits per heavy atom. The fourth-order valence-electron chi connectivity index (χ4n) is 5.30. The van der Waals surface area contributed by atoms with Gasteiger partial charge in [0.05, 0.1) is 22.1 Å². The fourth-order valence-corrected chi connectivity index (χ4v) is 10.5. The Labute approximate surface area is 246 Å². The van der Waals surface area contributed by atoms with Crippen LogP contribution in [-0.4, -0.2) is 29.5 Å². The van der Waals surface area contributed by atoms with Crippen molar-refractivity contribution in [2.24, 2.45) is 0 Å². The number of hydrogen-bond acceptors (Lipinski definition) is 3. The van der Waals surface area contributed by atoms with Gasteiger partial charge in [-0.05, 0) is 49.0 Å². The molecule has 0 radical (unpaired) electrons. The molecule has 0 aliphatic carbocycles. The Morgan fingerprint density at radius 3 is 2.15 bits per heavy atom. The molecule has 4 nitrogen and oxygen atoms in total. The largest absolute Gasteiger partial charge is 0.406 e. The lowest BCUT2D eigenvalue weighted by molar-refractivity contribution is 0.283. The number of aromatic nitrogens is 3. The molecule has 0 fully saturated rings. The summed E-state index contributed by atoms with van der Waals surface area (Å²) < 4.78 is 24.2. The van der Waals surface area contributed by atoms with Crippen LogP contribution in [0.25, 0.3) is 22.4 Å². The van der Waals surface area contributed by atoms with Gasteiger partial charge in [0.15, 0.2) is 0 Å². The van der Waals surface area contributed by atoms with Gasteiger partial charge in [-0.15, -0.1) is 0 Å². The molecular weight excluding hydrogens is 637 g/mol. The number of nitrogens with zero attached hydrogens (tertiary/aromatic N) is 3. The molecule has 5 rings (SSSR count). The van der Waals surface area contributed by atoms with E-state index < -0.39 is 8.32 Å². The molecule has 2 aromatic heterocycles. The number of benzene rings is 3. The predicted octanol–water partition coefficient (Wildman–Crippen LogP) is 7.47. The second-order valence-corrected chi connectivity index (χ2v) is 16.3. The van der Waals surface area contributed by atoms with Gasteiger partial charge in [-0.2, -0.15) is 0 Å². The van der Waals surface area contributed by atoms with Gasteiger partial charge in [-0.25, -0.2) is 9.37 Å². The van der Waals surface area contributed by atoms with Crippen LogP contribution in [-0.2, 0) is 16.3 Å². The van der Waals surface area contributed by atoms with Gasteiger partial charge in [0.1, 0.15) is 11.6 Å². The van der Waals surface area contributed by atoms with Crippen molar-refractivity contribution in [3.63, 3.8) is 0 Å². The molecule has 0 aliphatic rings. The number of rotatable bonds is 8. The Bertz CT molecular complexity index is 1550. The highest BCUT2D eigenvalue weighted by Crippen LogP contribution is 2.37. The maximum atomic E-state index is 14.5. The summed E-state index contributed by atoms with van der Waals surface area (Å²) in [5.41, 5.74) is 3.36. The number of halogens is 3. The zero-order chi connectivity index (χ0) is 27.6. The van der Waals surface area contributed by atoms with E-state index in [4.69, 9.17) is 9.41 Å². The summed E-state index contributed by atoms with van der Waals surface area (Å²) >= 11 is 6.89. The average Bonchev–Trinajstić information content (AvgIpc) is 3.28. The van der Waals surface area contributed by atoms with E-state index in [0.29, 0.717) is 28.5 Å². The quantitative estimate of drug-likeness (QED) is 0.127. The molecule has 2 heterocycles. The standard InChI is InChI=1S/C31H30Br2FN3OSi/c1-31(2,3)39(24-10-6-4-7-11-24,25-12-8-5-9-13-25)38-15-14-37-29-17-26(33)27(34)18-28(29)36-30(37)23-16-22(19-32)20-35-21-23/h4-13,16-18,20-21H,14-15,19H2,1-3H3. The Kier molecular flexibility index (Phi) is 8.19. The first-order valence-electron chi connectivity index (χ1n) is 12.8. The lowest BCUT2D eigenvalue weighted by Crippen LogP contribution is -2.66. The van der Waals surface area contributed by atoms with Crippen molar-refractivity contribution in [1.29, 1.82) is 0 Å². The van der Waals surface area contributed by atoms with E-state index >= 15 is 0 Å². The molecule has 0 saturated heterocycles. The first-order valence-corrected chi connectivity index (χ1v) is 16.7. The van der Waals surface area contributed by atoms with Crippen LogP contribution >= 0.6 is 31.9 Å². The van der Waals surface area contributed by atoms with Crippen LogP contribution < -0.4 is 10.4 Å². The Morgan fingerprint density at radius 2 is 1.56 bits per heavy atom. The highest BCUT2D eigenvalue weighted by Gasteiger charge is 2.50. The normalized spacial score (nSPS) is 12.3. The molecule has 39 heavy (non-hydrogen) atoms. The highest BCUT2D eigenvalue weighted by atomic mass is 79.9. The minimum absolute atomic E-state index is 0.129. The van der Waals surface area contributed by atoms with Gasteiger partial charge >= 0.3 is 0 Å². The minimum Gasteiger partial charge on any atom is -0.406 e. The Hall–Kier alpha value is -2.65. The van der Waals surface area contributed by atoms with E-state index in [2.05, 4.69) is 117 Å². The SMILES string of the molecule is CC(C)(C)[Si](OCCn1c(-c2cncc(CBr)c2)nc2cc(F)c(Br)cc21)(c1ccccc1)c1ccccc1. The van der Waals surface area contributed by atoms with E-state index in [1.807, 2.05) is 18.3 Å². The van der Waals surface area contributed by atoms with Crippen LogP contribution in [0.2, 0.25) is 5.04 Å². The number of fused-ring (bicyclic) bond motifs is 1. The summed E-state index contributed by atoms with van der Waals surface area (Å²) in [6.45, 7) is 7.83. The smallest absolute Gasteiger partial charge is 0.261 e. The first kappa shape index (κ1) is 27.9. The van der Waals surface area contributed by atoms with Crippen LogP contribution in [0, 0.1) is 5.82 Å². The molecule has 5 aromatic rings. The van der Waals surface area contributed by atoms with Gasteiger partial charge < -0.3 is 8.99 Å². The summed E-state index contributed by atoms with van der Waals surface area (Å²) in [5, 5.41) is 3.03. The van der Waals surface area contributed by atoms with Gasteiger partial charge in [0.25, 0.3) is 8.32 Å². The van der Waals surface area contributed by atoms with E-state index in [1.165, 1.54) is 16.4 Å². The van der Waals surface area contributed by atoms with Gasteiger partial charge in [0, 0.05) is 35.9 Å². The van der Waals surface area contributed by atoms with Crippen LogP contribution in [0.3, 0.4) is 0 Å². The summed E-state index contributed by atoms with van der Waals surface area (Å²) in [4.78, 5) is 9.26. The molecule has 3 aromatic carbocycles. The molecule has 0 unspecified atom stereocenters. The third-order valence-corrected chi connectivity index (χ3v) is 13.3. The number of pyridine rings is 1. The van der Waals surface area contributed by atoms with Crippen molar-refractivity contribution in [3.05, 3.63) is 107 Å². The van der Waals surface area contributed by atoms with E-state index in [-0.39, 0.29) is 10.9 Å². The van der Waals surface area contributed by atoms with Gasteiger partial charge in [0.2, 0.25) is 0 Å². The lowest BCUT2D eigenvalue weighted by Gasteiger charge is -2.43. The molecule has 0 amide bonds. The van der Waals surface area contributed by atoms with Crippen molar-refractivity contribution in [2.75, 3.05) is 6.61 Å². The van der Waals surface area contributed by atoms with Crippen molar-refractivity contribution in [3.8, 4) is 11.4 Å². The van der Waals surface area contributed by atoms with E-state index in [1.54, 1.807) is 12.3 Å². The third kappa shape index (κ3) is 5.40. The molecule has 200 valence electrons. The van der Waals surface area contributed by atoms with Crippen molar-refractivity contribution < 1.29 is 8.82 Å². The zero-order valence-corrected chi connectivity index (χ0v) is 26.3. The van der Waals surface area contributed by atoms with Gasteiger partial charge in [-0.3, -0.25) is 4.98 Å². The third-order valence-electron chi connectivity index (χ3n) is 7.05. The first-order chi connectivity index (χ1) is 18.7. The lowest BCUT2D eigenvalue weighted by atomic mass is 10.2. The van der Waals surface area contributed by atoms with Crippen molar-refractivity contribution >= 4 is 61.6 Å². The van der Waals surface area contributed by atoms with E-state index in [0.717, 1.165) is 22.5 Å². The summed E-state index contributed by atoms with van der Waals surface area (Å²) in [5.74, 6) is 0.401. The second-order valence-electron chi connectivity index (χ2n) is 10.6. The van der Waals surface area contributed by atoms with Crippen molar-refractivity contribution in [1.82, 2.24) is 14.5 Å². The second kappa shape index (κ2) is 11.5. The average molecular weight is 667 g/mol. The van der Waals surface area contributed by atoms with E-state index in [9.17, 15) is 4.39 Å².